The zero-order chi connectivity index (χ0) is 13.6. The predicted octanol–water partition coefficient (Wildman–Crippen LogP) is 2.10. The lowest BCUT2D eigenvalue weighted by Gasteiger charge is -2.13. The minimum absolute atomic E-state index is 0.0336. The van der Waals surface area contributed by atoms with E-state index in [4.69, 9.17) is 15.7 Å². The van der Waals surface area contributed by atoms with Gasteiger partial charge in [-0.3, -0.25) is 0 Å². The average Bonchev–Trinajstić information content (AvgIpc) is 2.29. The summed E-state index contributed by atoms with van der Waals surface area (Å²) in [5.41, 5.74) is 5.19. The summed E-state index contributed by atoms with van der Waals surface area (Å²) < 4.78 is 45.1. The molecule has 0 heterocycles. The van der Waals surface area contributed by atoms with Gasteiger partial charge in [-0.2, -0.15) is 0 Å². The van der Waals surface area contributed by atoms with Crippen LogP contribution in [0.3, 0.4) is 0 Å². The van der Waals surface area contributed by atoms with Gasteiger partial charge in [0.1, 0.15) is 5.84 Å². The summed E-state index contributed by atoms with van der Waals surface area (Å²) in [6.45, 7) is -0.0336. The average molecular weight is 264 g/mol. The number of benzene rings is 1. The third-order valence-corrected chi connectivity index (χ3v) is 1.82. The fraction of sp³-hybridized carbons (Fsp3) is 0.300. The van der Waals surface area contributed by atoms with E-state index in [0.29, 0.717) is 0 Å². The molecule has 0 unspecified atom stereocenters. The van der Waals surface area contributed by atoms with Crippen molar-refractivity contribution in [1.29, 1.82) is 0 Å². The van der Waals surface area contributed by atoms with Crippen molar-refractivity contribution in [3.8, 4) is 11.5 Å². The molecule has 100 valence electrons. The first-order valence-electron chi connectivity index (χ1n) is 4.86. The molecule has 0 radical (unpaired) electrons. The number of alkyl halides is 3. The van der Waals surface area contributed by atoms with Crippen LogP contribution in [0.5, 0.6) is 11.5 Å². The van der Waals surface area contributed by atoms with E-state index >= 15 is 0 Å². The highest BCUT2D eigenvalue weighted by atomic mass is 19.4. The van der Waals surface area contributed by atoms with Crippen LogP contribution in [0.25, 0.3) is 0 Å². The lowest BCUT2D eigenvalue weighted by Crippen LogP contribution is -2.18. The van der Waals surface area contributed by atoms with Crippen LogP contribution in [0, 0.1) is 0 Å². The Hall–Kier alpha value is -2.12. The molecule has 1 rings (SSSR count). The van der Waals surface area contributed by atoms with E-state index in [-0.39, 0.29) is 24.6 Å². The second-order valence-corrected chi connectivity index (χ2v) is 3.18. The zero-order valence-corrected chi connectivity index (χ0v) is 9.15. The van der Waals surface area contributed by atoms with Crippen LogP contribution in [-0.4, -0.2) is 24.0 Å². The molecule has 5 nitrogen and oxygen atoms in total. The zero-order valence-electron chi connectivity index (χ0n) is 9.15. The van der Waals surface area contributed by atoms with Gasteiger partial charge in [-0.1, -0.05) is 17.3 Å². The van der Waals surface area contributed by atoms with Crippen LogP contribution < -0.4 is 15.2 Å². The normalized spacial score (nSPS) is 12.3. The number of hydrogen-bond acceptors (Lipinski definition) is 4. The summed E-state index contributed by atoms with van der Waals surface area (Å²) in [4.78, 5) is 0. The molecule has 0 aromatic heterocycles. The molecule has 3 N–H and O–H groups in total. The fourth-order valence-electron chi connectivity index (χ4n) is 1.09. The van der Waals surface area contributed by atoms with Crippen molar-refractivity contribution in [2.45, 2.75) is 12.8 Å². The van der Waals surface area contributed by atoms with E-state index < -0.39 is 12.1 Å². The summed E-state index contributed by atoms with van der Waals surface area (Å²) >= 11 is 0. The fourth-order valence-corrected chi connectivity index (χ4v) is 1.09. The van der Waals surface area contributed by atoms with Gasteiger partial charge in [0.25, 0.3) is 0 Å². The quantitative estimate of drug-likeness (QED) is 0.369. The number of nitrogens with two attached hydrogens (primary N) is 1. The van der Waals surface area contributed by atoms with Crippen LogP contribution in [0.1, 0.15) is 6.42 Å². The number of rotatable bonds is 5. The molecule has 0 spiro atoms. The summed E-state index contributed by atoms with van der Waals surface area (Å²) in [5, 5.41) is 11.0. The van der Waals surface area contributed by atoms with E-state index in [1.165, 1.54) is 18.2 Å². The standard InChI is InChI=1S/C10H11F3N2O3/c11-10(12,13)18-8-4-2-1-3-7(8)17-6-5-9(14)15-16/h1-4,16H,5-6H2,(H2,14,15). The molecule has 0 amide bonds. The Balaban J connectivity index is 2.65. The largest absolute Gasteiger partial charge is 0.573 e. The molecule has 0 bridgehead atoms. The van der Waals surface area contributed by atoms with Gasteiger partial charge in [0.05, 0.1) is 6.61 Å². The first kappa shape index (κ1) is 13.9. The Morgan fingerprint density at radius 2 is 1.89 bits per heavy atom. The topological polar surface area (TPSA) is 77.1 Å². The van der Waals surface area contributed by atoms with Crippen molar-refractivity contribution in [3.63, 3.8) is 0 Å². The summed E-state index contributed by atoms with van der Waals surface area (Å²) in [6, 6.07) is 5.35. The monoisotopic (exact) mass is 264 g/mol. The Labute approximate surface area is 101 Å². The van der Waals surface area contributed by atoms with Crippen molar-refractivity contribution < 1.29 is 27.9 Å². The number of amidine groups is 1. The van der Waals surface area contributed by atoms with Gasteiger partial charge in [0.15, 0.2) is 11.5 Å². The number of nitrogens with zero attached hydrogens (tertiary/aromatic N) is 1. The number of halogens is 3. The molecule has 0 fully saturated rings. The van der Waals surface area contributed by atoms with E-state index in [0.717, 1.165) is 6.07 Å². The van der Waals surface area contributed by atoms with E-state index in [9.17, 15) is 13.2 Å². The SMILES string of the molecule is N/C(CCOc1ccccc1OC(F)(F)F)=N/O. The van der Waals surface area contributed by atoms with Gasteiger partial charge in [-0.25, -0.2) is 0 Å². The second-order valence-electron chi connectivity index (χ2n) is 3.18. The molecule has 0 atom stereocenters. The highest BCUT2D eigenvalue weighted by Crippen LogP contribution is 2.31. The van der Waals surface area contributed by atoms with Gasteiger partial charge >= 0.3 is 6.36 Å². The lowest BCUT2D eigenvalue weighted by molar-refractivity contribution is -0.275. The number of oxime groups is 1. The van der Waals surface area contributed by atoms with Gasteiger partial charge in [-0.05, 0) is 12.1 Å². The summed E-state index contributed by atoms with van der Waals surface area (Å²) in [5.74, 6) is -0.589. The maximum absolute atomic E-state index is 12.1. The van der Waals surface area contributed by atoms with E-state index in [1.807, 2.05) is 0 Å². The third kappa shape index (κ3) is 4.81. The molecule has 0 aliphatic carbocycles. The van der Waals surface area contributed by atoms with Gasteiger partial charge in [0.2, 0.25) is 0 Å². The smallest absolute Gasteiger partial charge is 0.489 e. The second kappa shape index (κ2) is 5.99. The molecular weight excluding hydrogens is 253 g/mol. The number of hydrogen-bond donors (Lipinski definition) is 2. The molecule has 0 aliphatic rings. The summed E-state index contributed by atoms with van der Waals surface area (Å²) in [7, 11) is 0. The molecule has 8 heteroatoms. The minimum Gasteiger partial charge on any atom is -0.489 e. The molecule has 0 saturated carbocycles. The third-order valence-electron chi connectivity index (χ3n) is 1.82. The molecule has 0 saturated heterocycles. The minimum atomic E-state index is -4.79. The number of ether oxygens (including phenoxy) is 2. The van der Waals surface area contributed by atoms with E-state index in [2.05, 4.69) is 9.89 Å². The molecule has 18 heavy (non-hydrogen) atoms. The van der Waals surface area contributed by atoms with Gasteiger partial charge in [0, 0.05) is 6.42 Å². The number of para-hydroxylation sites is 2. The van der Waals surface area contributed by atoms with Crippen molar-refractivity contribution in [2.24, 2.45) is 10.9 Å². The van der Waals surface area contributed by atoms with Crippen LogP contribution in [-0.2, 0) is 0 Å². The lowest BCUT2D eigenvalue weighted by atomic mass is 10.3. The molecule has 0 aliphatic heterocycles. The Morgan fingerprint density at radius 1 is 1.28 bits per heavy atom. The van der Waals surface area contributed by atoms with Crippen molar-refractivity contribution in [1.82, 2.24) is 0 Å². The van der Waals surface area contributed by atoms with Crippen LogP contribution >= 0.6 is 0 Å². The van der Waals surface area contributed by atoms with Crippen molar-refractivity contribution >= 4 is 5.84 Å². The Morgan fingerprint density at radius 3 is 2.44 bits per heavy atom. The maximum Gasteiger partial charge on any atom is 0.573 e. The van der Waals surface area contributed by atoms with Crippen molar-refractivity contribution in [3.05, 3.63) is 24.3 Å². The molecular formula is C10H11F3N2O3. The van der Waals surface area contributed by atoms with E-state index in [1.54, 1.807) is 0 Å². The van der Waals surface area contributed by atoms with Crippen molar-refractivity contribution in [2.75, 3.05) is 6.61 Å². The highest BCUT2D eigenvalue weighted by Gasteiger charge is 2.32. The van der Waals surface area contributed by atoms with Crippen LogP contribution in [0.15, 0.2) is 29.4 Å². The summed E-state index contributed by atoms with van der Waals surface area (Å²) in [6.07, 6.45) is -4.71. The predicted molar refractivity (Wildman–Crippen MR) is 56.6 cm³/mol. The first-order chi connectivity index (χ1) is 8.42. The molecule has 1 aromatic rings. The van der Waals surface area contributed by atoms with Gasteiger partial charge in [-0.15, -0.1) is 13.2 Å². The maximum atomic E-state index is 12.1. The Bertz CT molecular complexity index is 421. The van der Waals surface area contributed by atoms with Gasteiger partial charge < -0.3 is 20.4 Å². The first-order valence-corrected chi connectivity index (χ1v) is 4.86. The van der Waals surface area contributed by atoms with Crippen LogP contribution in [0.4, 0.5) is 13.2 Å². The van der Waals surface area contributed by atoms with Crippen LogP contribution in [0.2, 0.25) is 0 Å². The molecule has 1 aromatic carbocycles. The highest BCUT2D eigenvalue weighted by molar-refractivity contribution is 5.79. The Kier molecular flexibility index (Phi) is 4.64.